The number of benzene rings is 2. The Kier molecular flexibility index (Phi) is 14.5. The van der Waals surface area contributed by atoms with Crippen LogP contribution in [0.4, 0.5) is 0 Å². The summed E-state index contributed by atoms with van der Waals surface area (Å²) in [6.45, 7) is 5.21. The van der Waals surface area contributed by atoms with Gasteiger partial charge in [0.2, 0.25) is 12.7 Å². The van der Waals surface area contributed by atoms with Crippen LogP contribution in [-0.4, -0.2) is 44.9 Å². The summed E-state index contributed by atoms with van der Waals surface area (Å²) in [5, 5.41) is 6.31. The van der Waals surface area contributed by atoms with Crippen LogP contribution >= 0.6 is 13.1 Å². The van der Waals surface area contributed by atoms with Crippen molar-refractivity contribution < 1.29 is 37.2 Å². The van der Waals surface area contributed by atoms with E-state index in [1.54, 1.807) is 22.5 Å². The lowest BCUT2D eigenvalue weighted by atomic mass is 10.3. The van der Waals surface area contributed by atoms with Gasteiger partial charge in [0.05, 0.1) is 26.3 Å². The maximum absolute atomic E-state index is 12.1. The van der Waals surface area contributed by atoms with Crippen LogP contribution in [0.15, 0.2) is 98.1 Å². The molecule has 0 aliphatic heterocycles. The highest BCUT2D eigenvalue weighted by atomic mass is 32.5. The van der Waals surface area contributed by atoms with Crippen molar-refractivity contribution in [2.45, 2.75) is 65.8 Å². The van der Waals surface area contributed by atoms with Crippen molar-refractivity contribution in [1.29, 1.82) is 0 Å². The van der Waals surface area contributed by atoms with Crippen molar-refractivity contribution in [1.82, 2.24) is 18.8 Å². The largest absolute Gasteiger partial charge is 0.462 e. The number of carbonyl (C=O) groups excluding carboxylic acids is 2. The highest BCUT2D eigenvalue weighted by Crippen LogP contribution is 2.46. The second-order valence-corrected chi connectivity index (χ2v) is 18.3. The van der Waals surface area contributed by atoms with Gasteiger partial charge in [-0.15, -0.1) is 0 Å². The second-order valence-electron chi connectivity index (χ2n) is 11.4. The topological polar surface area (TPSA) is 113 Å². The van der Waals surface area contributed by atoms with Crippen molar-refractivity contribution in [3.8, 4) is 11.5 Å². The van der Waals surface area contributed by atoms with E-state index in [9.17, 15) is 9.59 Å². The third kappa shape index (κ3) is 11.9. The van der Waals surface area contributed by atoms with Crippen molar-refractivity contribution >= 4 is 48.7 Å². The molecule has 16 heteroatoms. The molecule has 0 spiro atoms. The van der Waals surface area contributed by atoms with Crippen LogP contribution in [0.5, 0.6) is 11.5 Å². The number of imidazole rings is 2. The summed E-state index contributed by atoms with van der Waals surface area (Å²) in [5.74, 6) is 0.586. The maximum Gasteiger partial charge on any atom is 0.367 e. The molecule has 0 fully saturated rings. The minimum Gasteiger partial charge on any atom is -0.462 e. The smallest absolute Gasteiger partial charge is 0.367 e. The third-order valence-electron chi connectivity index (χ3n) is 6.19. The molecule has 2 heterocycles. The molecule has 2 aromatic carbocycles. The third-order valence-corrected chi connectivity index (χ3v) is 12.4. The molecule has 0 radical (unpaired) electrons. The van der Waals surface area contributed by atoms with Gasteiger partial charge in [-0.1, -0.05) is 36.4 Å². The number of nitrogens with zero attached hydrogens (tertiary/aromatic N) is 4. The molecule has 0 saturated carbocycles. The van der Waals surface area contributed by atoms with Crippen molar-refractivity contribution in [3.05, 3.63) is 98.1 Å². The number of nitrogens with one attached hydrogen (secondary N) is 2. The highest BCUT2D eigenvalue weighted by Gasteiger charge is 2.34. The maximum atomic E-state index is 12.1. The van der Waals surface area contributed by atoms with Gasteiger partial charge in [0.25, 0.3) is 0 Å². The monoisotopic (exact) mass is 736 g/mol. The van der Waals surface area contributed by atoms with E-state index in [0.29, 0.717) is 11.5 Å². The zero-order valence-corrected chi connectivity index (χ0v) is 31.9. The lowest BCUT2D eigenvalue weighted by molar-refractivity contribution is -0.670. The number of rotatable bonds is 14. The van der Waals surface area contributed by atoms with Gasteiger partial charge in [-0.25, -0.2) is 19.3 Å². The van der Waals surface area contributed by atoms with E-state index in [4.69, 9.17) is 42.1 Å². The molecule has 0 amide bonds. The molecule has 0 unspecified atom stereocenters. The molecule has 2 aromatic heterocycles. The molecule has 0 saturated heterocycles. The van der Waals surface area contributed by atoms with Crippen molar-refractivity contribution in [2.24, 2.45) is 14.1 Å². The van der Waals surface area contributed by atoms with Gasteiger partial charge in [0.15, 0.2) is 0 Å². The zero-order chi connectivity index (χ0) is 35.5. The van der Waals surface area contributed by atoms with E-state index in [0.717, 1.165) is 0 Å². The normalized spacial score (nSPS) is 14.9. The van der Waals surface area contributed by atoms with E-state index < -0.39 is 25.2 Å². The molecule has 0 aliphatic rings. The lowest BCUT2D eigenvalue weighted by Crippen LogP contribution is -2.37. The quantitative estimate of drug-likeness (QED) is 0.107. The first kappa shape index (κ1) is 39.1. The van der Waals surface area contributed by atoms with E-state index in [2.05, 4.69) is 10.2 Å². The van der Waals surface area contributed by atoms with Crippen LogP contribution in [0.1, 0.15) is 41.5 Å². The molecular formula is C32H46N6O6P2S2+2. The molecule has 0 bridgehead atoms. The predicted molar refractivity (Wildman–Crippen MR) is 192 cm³/mol. The first-order valence-corrected chi connectivity index (χ1v) is 20.7. The molecule has 12 nitrogen and oxygen atoms in total. The first-order chi connectivity index (χ1) is 22.6. The summed E-state index contributed by atoms with van der Waals surface area (Å²) in [4.78, 5) is 24.3. The van der Waals surface area contributed by atoms with E-state index in [-0.39, 0.29) is 24.1 Å². The molecule has 0 aliphatic carbocycles. The molecule has 48 heavy (non-hydrogen) atoms. The van der Waals surface area contributed by atoms with Gasteiger partial charge >= 0.3 is 25.1 Å². The average Bonchev–Trinajstić information content (AvgIpc) is 3.66. The van der Waals surface area contributed by atoms with E-state index in [1.165, 1.54) is 0 Å². The molecular weight excluding hydrogens is 690 g/mol. The van der Waals surface area contributed by atoms with Crippen molar-refractivity contribution in [3.63, 3.8) is 0 Å². The molecule has 4 rings (SSSR count). The van der Waals surface area contributed by atoms with E-state index >= 15 is 0 Å². The Morgan fingerprint density at radius 2 is 0.979 bits per heavy atom. The summed E-state index contributed by atoms with van der Waals surface area (Å²) >= 11 is 11.6. The summed E-state index contributed by atoms with van der Waals surface area (Å²) < 4.78 is 30.0. The Bertz CT molecular complexity index is 1590. The number of aromatic nitrogens is 4. The number of esters is 2. The molecule has 260 valence electrons. The van der Waals surface area contributed by atoms with E-state index in [1.807, 2.05) is 149 Å². The number of hydrogen-bond donors (Lipinski definition) is 2. The van der Waals surface area contributed by atoms with Gasteiger partial charge in [0, 0.05) is 23.6 Å². The van der Waals surface area contributed by atoms with Gasteiger partial charge < -0.3 is 18.5 Å². The van der Waals surface area contributed by atoms with Crippen LogP contribution in [0, 0.1) is 0 Å². The number of para-hydroxylation sites is 2. The minimum absolute atomic E-state index is 0.181. The lowest BCUT2D eigenvalue weighted by Gasteiger charge is -2.23. The summed E-state index contributed by atoms with van der Waals surface area (Å²) in [5.41, 5.74) is 0. The number of aryl methyl sites for hydroxylation is 2. The summed E-state index contributed by atoms with van der Waals surface area (Å²) in [7, 11) is 3.80. The minimum atomic E-state index is -2.75. The average molecular weight is 737 g/mol. The van der Waals surface area contributed by atoms with Crippen LogP contribution in [0.2, 0.25) is 0 Å². The highest BCUT2D eigenvalue weighted by molar-refractivity contribution is 8.11. The fraction of sp³-hybridized carbons (Fsp3) is 0.375. The number of carbonyl (C=O) groups is 2. The van der Waals surface area contributed by atoms with Crippen LogP contribution in [0.25, 0.3) is 0 Å². The van der Waals surface area contributed by atoms with Crippen LogP contribution in [0.3, 0.4) is 0 Å². The first-order valence-electron chi connectivity index (χ1n) is 15.3. The van der Waals surface area contributed by atoms with Gasteiger partial charge in [-0.05, 0) is 65.8 Å². The van der Waals surface area contributed by atoms with Gasteiger partial charge in [0.1, 0.15) is 48.4 Å². The van der Waals surface area contributed by atoms with Crippen LogP contribution < -0.4 is 28.4 Å². The molecule has 4 aromatic rings. The van der Waals surface area contributed by atoms with Crippen LogP contribution in [-0.2, 0) is 56.8 Å². The number of hydrogen-bond acceptors (Lipinski definition) is 8. The fourth-order valence-corrected chi connectivity index (χ4v) is 9.66. The SMILES string of the molecule is CC(C)OC(=O)[C@H](C)N[P@@](=S)(Oc1ccccc1)n1cc[n+](C)c1.CC(C)OC(=O)[C@H](C)N[P@](=S)(Oc1ccccc1)n1cc[n+](C)c1. The molecule has 2 N–H and O–H groups in total. The fourth-order valence-electron chi connectivity index (χ4n) is 3.98. The number of ether oxygens (including phenoxy) is 2. The standard InChI is InChI=1S/2C16H23N3O3PS/c2*1-13(2)21-16(20)14(3)17-23(24,19-11-10-18(4)12-19)22-15-8-6-5-7-9-15/h2*5-14H,1-4H3,(H,17,24)/q2*+1/t14-,23+;14-,23-/m00/s1. The van der Waals surface area contributed by atoms with Crippen molar-refractivity contribution in [2.75, 3.05) is 0 Å². The second kappa shape index (κ2) is 17.9. The Morgan fingerprint density at radius 3 is 1.25 bits per heavy atom. The predicted octanol–water partition coefficient (Wildman–Crippen LogP) is 4.79. The Labute approximate surface area is 293 Å². The zero-order valence-electron chi connectivity index (χ0n) is 28.5. The Balaban J connectivity index is 0.000000260. The Hall–Kier alpha value is -3.38. The molecule has 4 atom stereocenters. The summed E-state index contributed by atoms with van der Waals surface area (Å²) in [6.07, 6.45) is 10.7. The summed E-state index contributed by atoms with van der Waals surface area (Å²) in [6, 6.07) is 17.5. The Morgan fingerprint density at radius 1 is 0.646 bits per heavy atom. The van der Waals surface area contributed by atoms with Gasteiger partial charge in [-0.3, -0.25) is 9.59 Å². The van der Waals surface area contributed by atoms with Gasteiger partial charge in [-0.2, -0.15) is 8.68 Å².